The number of nitrogens with two attached hydrogens (primary N) is 1. The van der Waals surface area contributed by atoms with E-state index in [-0.39, 0.29) is 5.82 Å². The molecule has 0 aliphatic rings. The van der Waals surface area contributed by atoms with E-state index >= 15 is 0 Å². The Hall–Kier alpha value is -2.17. The standard InChI is InChI=1S/C12H13FN4/c1-7-5-9(13)3-4-10(7)17-12-8(2)11(14)15-6-16-12/h3-6H,1-2H3,(H3,14,15,16,17). The van der Waals surface area contributed by atoms with E-state index in [2.05, 4.69) is 15.3 Å². The Morgan fingerprint density at radius 1 is 1.24 bits per heavy atom. The van der Waals surface area contributed by atoms with Crippen molar-refractivity contribution in [2.75, 3.05) is 11.1 Å². The largest absolute Gasteiger partial charge is 0.383 e. The Kier molecular flexibility index (Phi) is 2.91. The third-order valence-corrected chi connectivity index (χ3v) is 2.56. The smallest absolute Gasteiger partial charge is 0.138 e. The molecule has 0 aliphatic heterocycles. The molecule has 0 atom stereocenters. The summed E-state index contributed by atoms with van der Waals surface area (Å²) in [6.07, 6.45) is 1.39. The first-order chi connectivity index (χ1) is 8.08. The highest BCUT2D eigenvalue weighted by molar-refractivity contribution is 5.65. The predicted molar refractivity (Wildman–Crippen MR) is 65.6 cm³/mol. The van der Waals surface area contributed by atoms with Crippen LogP contribution in [0.5, 0.6) is 0 Å². The van der Waals surface area contributed by atoms with Crippen LogP contribution >= 0.6 is 0 Å². The zero-order valence-electron chi connectivity index (χ0n) is 9.66. The number of nitrogens with one attached hydrogen (secondary N) is 1. The van der Waals surface area contributed by atoms with Crippen LogP contribution in [0.4, 0.5) is 21.7 Å². The lowest BCUT2D eigenvalue weighted by Gasteiger charge is -2.11. The van der Waals surface area contributed by atoms with Gasteiger partial charge in [-0.05, 0) is 37.6 Å². The van der Waals surface area contributed by atoms with Gasteiger partial charge in [-0.2, -0.15) is 0 Å². The van der Waals surface area contributed by atoms with Crippen molar-refractivity contribution in [1.29, 1.82) is 0 Å². The first-order valence-corrected chi connectivity index (χ1v) is 5.18. The van der Waals surface area contributed by atoms with Crippen LogP contribution in [-0.4, -0.2) is 9.97 Å². The number of hydrogen-bond donors (Lipinski definition) is 2. The van der Waals surface area contributed by atoms with Gasteiger partial charge in [0.2, 0.25) is 0 Å². The van der Waals surface area contributed by atoms with Gasteiger partial charge in [0.25, 0.3) is 0 Å². The molecule has 0 radical (unpaired) electrons. The van der Waals surface area contributed by atoms with Crippen LogP contribution in [0.15, 0.2) is 24.5 Å². The van der Waals surface area contributed by atoms with Crippen molar-refractivity contribution in [2.24, 2.45) is 0 Å². The second-order valence-electron chi connectivity index (χ2n) is 3.82. The monoisotopic (exact) mass is 232 g/mol. The minimum atomic E-state index is -0.257. The summed E-state index contributed by atoms with van der Waals surface area (Å²) in [7, 11) is 0. The van der Waals surface area contributed by atoms with Crippen molar-refractivity contribution < 1.29 is 4.39 Å². The van der Waals surface area contributed by atoms with Crippen molar-refractivity contribution in [3.05, 3.63) is 41.5 Å². The molecule has 2 aromatic rings. The maximum atomic E-state index is 13.0. The molecule has 3 N–H and O–H groups in total. The molecule has 4 nitrogen and oxygen atoms in total. The van der Waals surface area contributed by atoms with E-state index < -0.39 is 0 Å². The number of benzene rings is 1. The van der Waals surface area contributed by atoms with Crippen LogP contribution in [0.1, 0.15) is 11.1 Å². The lowest BCUT2D eigenvalue weighted by Crippen LogP contribution is -2.03. The highest BCUT2D eigenvalue weighted by Gasteiger charge is 2.06. The zero-order chi connectivity index (χ0) is 12.4. The van der Waals surface area contributed by atoms with E-state index in [1.54, 1.807) is 6.07 Å². The van der Waals surface area contributed by atoms with Crippen molar-refractivity contribution in [3.8, 4) is 0 Å². The fourth-order valence-corrected chi connectivity index (χ4v) is 1.48. The fourth-order valence-electron chi connectivity index (χ4n) is 1.48. The number of nitrogen functional groups attached to an aromatic ring is 1. The average molecular weight is 232 g/mol. The van der Waals surface area contributed by atoms with Crippen LogP contribution in [0.25, 0.3) is 0 Å². The van der Waals surface area contributed by atoms with Gasteiger partial charge in [0, 0.05) is 11.3 Å². The lowest BCUT2D eigenvalue weighted by atomic mass is 10.2. The van der Waals surface area contributed by atoms with E-state index in [1.807, 2.05) is 13.8 Å². The maximum absolute atomic E-state index is 13.0. The van der Waals surface area contributed by atoms with Gasteiger partial charge in [-0.15, -0.1) is 0 Å². The van der Waals surface area contributed by atoms with Gasteiger partial charge in [-0.3, -0.25) is 0 Å². The molecule has 0 unspecified atom stereocenters. The van der Waals surface area contributed by atoms with Gasteiger partial charge < -0.3 is 11.1 Å². The van der Waals surface area contributed by atoms with E-state index in [0.29, 0.717) is 11.6 Å². The van der Waals surface area contributed by atoms with Crippen molar-refractivity contribution in [1.82, 2.24) is 9.97 Å². The summed E-state index contributed by atoms with van der Waals surface area (Å²) < 4.78 is 13.0. The van der Waals surface area contributed by atoms with Gasteiger partial charge in [-0.1, -0.05) is 0 Å². The summed E-state index contributed by atoms with van der Waals surface area (Å²) in [4.78, 5) is 7.99. The molecular weight excluding hydrogens is 219 g/mol. The van der Waals surface area contributed by atoms with Gasteiger partial charge >= 0.3 is 0 Å². The first kappa shape index (κ1) is 11.3. The molecule has 0 spiro atoms. The van der Waals surface area contributed by atoms with Gasteiger partial charge in [-0.25, -0.2) is 14.4 Å². The number of aryl methyl sites for hydroxylation is 1. The molecule has 17 heavy (non-hydrogen) atoms. The highest BCUT2D eigenvalue weighted by atomic mass is 19.1. The Morgan fingerprint density at radius 2 is 2.00 bits per heavy atom. The van der Waals surface area contributed by atoms with Crippen LogP contribution in [0, 0.1) is 19.7 Å². The highest BCUT2D eigenvalue weighted by Crippen LogP contribution is 2.23. The minimum Gasteiger partial charge on any atom is -0.383 e. The number of aromatic nitrogens is 2. The Balaban J connectivity index is 2.35. The summed E-state index contributed by atoms with van der Waals surface area (Å²) >= 11 is 0. The molecule has 1 heterocycles. The number of rotatable bonds is 2. The molecule has 0 amide bonds. The number of nitrogens with zero attached hydrogens (tertiary/aromatic N) is 2. The third-order valence-electron chi connectivity index (χ3n) is 2.56. The quantitative estimate of drug-likeness (QED) is 0.835. The summed E-state index contributed by atoms with van der Waals surface area (Å²) in [5.41, 5.74) is 8.07. The third kappa shape index (κ3) is 2.33. The van der Waals surface area contributed by atoms with Gasteiger partial charge in [0.1, 0.15) is 23.8 Å². The van der Waals surface area contributed by atoms with Crippen LogP contribution in [0.3, 0.4) is 0 Å². The Labute approximate surface area is 98.7 Å². The molecule has 88 valence electrons. The summed E-state index contributed by atoms with van der Waals surface area (Å²) in [5, 5.41) is 3.11. The zero-order valence-corrected chi connectivity index (χ0v) is 9.66. The van der Waals surface area contributed by atoms with Crippen molar-refractivity contribution in [3.63, 3.8) is 0 Å². The van der Waals surface area contributed by atoms with Crippen molar-refractivity contribution in [2.45, 2.75) is 13.8 Å². The van der Waals surface area contributed by atoms with Crippen molar-refractivity contribution >= 4 is 17.3 Å². The summed E-state index contributed by atoms with van der Waals surface area (Å²) in [5.74, 6) is 0.807. The second-order valence-corrected chi connectivity index (χ2v) is 3.82. The molecular formula is C12H13FN4. The Bertz CT molecular complexity index is 554. The molecule has 1 aromatic carbocycles. The molecule has 0 saturated heterocycles. The molecule has 2 rings (SSSR count). The average Bonchev–Trinajstić information content (AvgIpc) is 2.28. The SMILES string of the molecule is Cc1cc(F)ccc1Nc1ncnc(N)c1C. The molecule has 0 aliphatic carbocycles. The van der Waals surface area contributed by atoms with E-state index in [4.69, 9.17) is 5.73 Å². The molecule has 0 bridgehead atoms. The van der Waals surface area contributed by atoms with E-state index in [9.17, 15) is 4.39 Å². The van der Waals surface area contributed by atoms with Gasteiger partial charge in [0.15, 0.2) is 0 Å². The fraction of sp³-hybridized carbons (Fsp3) is 0.167. The predicted octanol–water partition coefficient (Wildman–Crippen LogP) is 2.56. The Morgan fingerprint density at radius 3 is 2.71 bits per heavy atom. The second kappa shape index (κ2) is 4.37. The molecule has 5 heteroatoms. The number of hydrogen-bond acceptors (Lipinski definition) is 4. The number of halogens is 1. The maximum Gasteiger partial charge on any atom is 0.138 e. The normalized spacial score (nSPS) is 10.3. The number of anilines is 3. The lowest BCUT2D eigenvalue weighted by molar-refractivity contribution is 0.627. The summed E-state index contributed by atoms with van der Waals surface area (Å²) in [6, 6.07) is 4.53. The topological polar surface area (TPSA) is 63.8 Å². The van der Waals surface area contributed by atoms with Crippen LogP contribution in [0.2, 0.25) is 0 Å². The molecule has 0 saturated carbocycles. The first-order valence-electron chi connectivity index (χ1n) is 5.18. The van der Waals surface area contributed by atoms with Crippen LogP contribution < -0.4 is 11.1 Å². The van der Waals surface area contributed by atoms with Crippen LogP contribution in [-0.2, 0) is 0 Å². The minimum absolute atomic E-state index is 0.257. The van der Waals surface area contributed by atoms with Gasteiger partial charge in [0.05, 0.1) is 0 Å². The summed E-state index contributed by atoms with van der Waals surface area (Å²) in [6.45, 7) is 3.65. The van der Waals surface area contributed by atoms with E-state index in [0.717, 1.165) is 16.8 Å². The molecule has 0 fully saturated rings. The van der Waals surface area contributed by atoms with E-state index in [1.165, 1.54) is 18.5 Å². The molecule has 1 aromatic heterocycles.